The Kier molecular flexibility index (Phi) is 6.30. The van der Waals surface area contributed by atoms with Gasteiger partial charge < -0.3 is 20.9 Å². The van der Waals surface area contributed by atoms with E-state index in [0.29, 0.717) is 17.1 Å². The average molecular weight is 480 g/mol. The third-order valence-electron chi connectivity index (χ3n) is 6.32. The van der Waals surface area contributed by atoms with E-state index in [9.17, 15) is 4.79 Å². The van der Waals surface area contributed by atoms with E-state index in [1.165, 1.54) is 28.8 Å². The lowest BCUT2D eigenvalue weighted by molar-refractivity contribution is 0.247. The number of aryl methyl sites for hydroxylation is 1. The van der Waals surface area contributed by atoms with Gasteiger partial charge in [0.25, 0.3) is 0 Å². The Bertz CT molecular complexity index is 1220. The summed E-state index contributed by atoms with van der Waals surface area (Å²) < 4.78 is 0. The number of likely N-dealkylation sites (tertiary alicyclic amines) is 1. The first-order valence-electron chi connectivity index (χ1n) is 11.5. The monoisotopic (exact) mass is 479 g/mol. The summed E-state index contributed by atoms with van der Waals surface area (Å²) in [6, 6.07) is 9.73. The molecule has 2 aliphatic rings. The third kappa shape index (κ3) is 5.10. The number of pyridine rings is 2. The van der Waals surface area contributed by atoms with E-state index in [4.69, 9.17) is 5.41 Å². The molecule has 2 amide bonds. The third-order valence-corrected chi connectivity index (χ3v) is 7.70. The van der Waals surface area contributed by atoms with Gasteiger partial charge in [0.05, 0.1) is 17.9 Å². The topological polar surface area (TPSA) is 106 Å². The molecular formula is C25H33N7OS. The average Bonchev–Trinajstić information content (AvgIpc) is 3.43. The van der Waals surface area contributed by atoms with E-state index in [1.807, 2.05) is 30.4 Å². The van der Waals surface area contributed by atoms with Crippen molar-refractivity contribution in [1.82, 2.24) is 20.2 Å². The van der Waals surface area contributed by atoms with Crippen LogP contribution >= 0.6 is 11.3 Å². The van der Waals surface area contributed by atoms with Gasteiger partial charge in [-0.25, -0.2) is 9.78 Å². The molecule has 3 aromatic heterocycles. The number of likely N-dealkylation sites (N-methyl/N-ethyl adjacent to an activating group) is 1. The van der Waals surface area contributed by atoms with Gasteiger partial charge in [0.2, 0.25) is 0 Å². The molecule has 4 heterocycles. The minimum absolute atomic E-state index is 0. The summed E-state index contributed by atoms with van der Waals surface area (Å²) in [5, 5.41) is 17.1. The normalized spacial score (nSPS) is 20.2. The van der Waals surface area contributed by atoms with Crippen LogP contribution in [0, 0.1) is 12.3 Å². The molecule has 1 saturated heterocycles. The molecule has 8 nitrogen and oxygen atoms in total. The standard InChI is InChI=1S/C25H29N7OS.2H2/c1-15-9-18(7-8-27-15)29-20-12-28-24(10-17(20)11-26)31-25(33)30-21-14-32(2)13-19(21)23-6-5-22(34-23)16-3-4-16;;/h5-12,16,19,21,26H,3-4,13-14H2,1-2H3,(H,27,29)(H2,28,30,31,33);2*1H/t19-,21-;;/m0../s1. The van der Waals surface area contributed by atoms with Crippen molar-refractivity contribution in [3.63, 3.8) is 0 Å². The summed E-state index contributed by atoms with van der Waals surface area (Å²) in [6.07, 6.45) is 7.21. The zero-order valence-corrected chi connectivity index (χ0v) is 20.2. The van der Waals surface area contributed by atoms with Gasteiger partial charge in [0.1, 0.15) is 5.82 Å². The van der Waals surface area contributed by atoms with Crippen LogP contribution in [0.3, 0.4) is 0 Å². The van der Waals surface area contributed by atoms with Gasteiger partial charge in [-0.15, -0.1) is 11.3 Å². The first kappa shape index (κ1) is 22.5. The van der Waals surface area contributed by atoms with Crippen molar-refractivity contribution in [3.8, 4) is 0 Å². The van der Waals surface area contributed by atoms with Gasteiger partial charge in [0.15, 0.2) is 0 Å². The number of nitrogens with zero attached hydrogens (tertiary/aromatic N) is 3. The van der Waals surface area contributed by atoms with Gasteiger partial charge in [-0.3, -0.25) is 10.3 Å². The maximum atomic E-state index is 12.8. The maximum absolute atomic E-state index is 12.8. The van der Waals surface area contributed by atoms with Crippen LogP contribution in [0.15, 0.2) is 42.7 Å². The number of aromatic nitrogens is 2. The fourth-order valence-electron chi connectivity index (χ4n) is 4.45. The fourth-order valence-corrected chi connectivity index (χ4v) is 5.79. The van der Waals surface area contributed by atoms with Crippen molar-refractivity contribution in [2.45, 2.75) is 37.6 Å². The van der Waals surface area contributed by atoms with Crippen molar-refractivity contribution in [3.05, 3.63) is 63.7 Å². The summed E-state index contributed by atoms with van der Waals surface area (Å²) in [7, 11) is 2.09. The lowest BCUT2D eigenvalue weighted by Crippen LogP contribution is -2.42. The summed E-state index contributed by atoms with van der Waals surface area (Å²) in [5.41, 5.74) is 3.08. The van der Waals surface area contributed by atoms with Crippen molar-refractivity contribution in [1.29, 1.82) is 5.41 Å². The predicted octanol–water partition coefficient (Wildman–Crippen LogP) is 5.18. The van der Waals surface area contributed by atoms with Crippen LogP contribution in [0.1, 0.15) is 48.5 Å². The number of hydrogen-bond donors (Lipinski definition) is 4. The molecule has 9 heteroatoms. The molecule has 5 rings (SSSR count). The van der Waals surface area contributed by atoms with Gasteiger partial charge in [0, 0.05) is 61.0 Å². The zero-order chi connectivity index (χ0) is 23.7. The molecule has 1 saturated carbocycles. The number of urea groups is 1. The van der Waals surface area contributed by atoms with Crippen LogP contribution in [-0.4, -0.2) is 53.3 Å². The van der Waals surface area contributed by atoms with Crippen LogP contribution in [-0.2, 0) is 0 Å². The molecule has 1 aliphatic heterocycles. The number of hydrogen-bond acceptors (Lipinski definition) is 7. The number of amides is 2. The minimum Gasteiger partial charge on any atom is -0.354 e. The molecule has 0 spiro atoms. The fraction of sp³-hybridized carbons (Fsp3) is 0.360. The van der Waals surface area contributed by atoms with Gasteiger partial charge in [-0.2, -0.15) is 0 Å². The van der Waals surface area contributed by atoms with E-state index >= 15 is 0 Å². The molecule has 0 aromatic carbocycles. The van der Waals surface area contributed by atoms with Gasteiger partial charge in [-0.05, 0) is 63.1 Å². The van der Waals surface area contributed by atoms with E-state index in [1.54, 1.807) is 18.5 Å². The lowest BCUT2D eigenvalue weighted by Gasteiger charge is -2.19. The first-order chi connectivity index (χ1) is 16.5. The number of carbonyl (C=O) groups is 1. The number of rotatable bonds is 7. The van der Waals surface area contributed by atoms with Crippen molar-refractivity contribution >= 4 is 40.8 Å². The molecule has 3 aromatic rings. The summed E-state index contributed by atoms with van der Waals surface area (Å²) >= 11 is 1.90. The molecule has 0 radical (unpaired) electrons. The van der Waals surface area contributed by atoms with Crippen LogP contribution in [0.5, 0.6) is 0 Å². The number of thiophene rings is 1. The Labute approximate surface area is 206 Å². The largest absolute Gasteiger partial charge is 0.354 e. The summed E-state index contributed by atoms with van der Waals surface area (Å²) in [5.74, 6) is 1.44. The Morgan fingerprint density at radius 2 is 2.03 bits per heavy atom. The molecule has 4 N–H and O–H groups in total. The Balaban J connectivity index is 0.00000180. The number of carbonyl (C=O) groups excluding carboxylic acids is 1. The summed E-state index contributed by atoms with van der Waals surface area (Å²) in [6.45, 7) is 3.66. The van der Waals surface area contributed by atoms with Crippen LogP contribution < -0.4 is 16.0 Å². The quantitative estimate of drug-likeness (QED) is 0.350. The van der Waals surface area contributed by atoms with Gasteiger partial charge >= 0.3 is 6.03 Å². The molecule has 180 valence electrons. The molecular weight excluding hydrogens is 446 g/mol. The second kappa shape index (κ2) is 9.52. The Morgan fingerprint density at radius 3 is 2.79 bits per heavy atom. The highest BCUT2D eigenvalue weighted by molar-refractivity contribution is 7.12. The highest BCUT2D eigenvalue weighted by Crippen LogP contribution is 2.45. The highest BCUT2D eigenvalue weighted by atomic mass is 32.1. The van der Waals surface area contributed by atoms with E-state index in [2.05, 4.69) is 50.0 Å². The smallest absolute Gasteiger partial charge is 0.320 e. The molecule has 0 unspecified atom stereocenters. The minimum atomic E-state index is -0.279. The molecule has 2 atom stereocenters. The Hall–Kier alpha value is -3.30. The number of nitrogens with one attached hydrogen (secondary N) is 4. The van der Waals surface area contributed by atoms with Crippen LogP contribution in [0.4, 0.5) is 22.0 Å². The second-order valence-corrected chi connectivity index (χ2v) is 10.3. The first-order valence-corrected chi connectivity index (χ1v) is 12.4. The van der Waals surface area contributed by atoms with Crippen molar-refractivity contribution in [2.75, 3.05) is 30.8 Å². The Morgan fingerprint density at radius 1 is 1.21 bits per heavy atom. The zero-order valence-electron chi connectivity index (χ0n) is 19.3. The molecule has 0 bridgehead atoms. The van der Waals surface area contributed by atoms with Crippen LogP contribution in [0.25, 0.3) is 0 Å². The summed E-state index contributed by atoms with van der Waals surface area (Å²) in [4.78, 5) is 26.5. The highest BCUT2D eigenvalue weighted by Gasteiger charge is 2.35. The van der Waals surface area contributed by atoms with Crippen molar-refractivity contribution < 1.29 is 7.65 Å². The maximum Gasteiger partial charge on any atom is 0.320 e. The molecule has 1 aliphatic carbocycles. The van der Waals surface area contributed by atoms with E-state index in [-0.39, 0.29) is 20.8 Å². The SMILES string of the molecule is Cc1cc(Nc2cnc(NC(=O)N[C@H]3CN(C)C[C@@H]3c3ccc(C4CC4)s3)cc2C=N)ccn1.[HH].[HH]. The predicted molar refractivity (Wildman–Crippen MR) is 141 cm³/mol. The molecule has 2 fully saturated rings. The van der Waals surface area contributed by atoms with Crippen molar-refractivity contribution in [2.24, 2.45) is 0 Å². The van der Waals surface area contributed by atoms with E-state index < -0.39 is 0 Å². The number of anilines is 3. The molecule has 34 heavy (non-hydrogen) atoms. The lowest BCUT2D eigenvalue weighted by atomic mass is 10.0. The van der Waals surface area contributed by atoms with E-state index in [0.717, 1.165) is 30.4 Å². The van der Waals surface area contributed by atoms with Crippen LogP contribution in [0.2, 0.25) is 0 Å². The van der Waals surface area contributed by atoms with Gasteiger partial charge in [-0.1, -0.05) is 0 Å². The second-order valence-electron chi connectivity index (χ2n) is 9.16.